The van der Waals surface area contributed by atoms with Crippen LogP contribution >= 0.6 is 11.3 Å². The number of ether oxygens (including phenoxy) is 1. The Labute approximate surface area is 190 Å². The molecule has 2 N–H and O–H groups in total. The number of carbonyl (C=O) groups is 2. The molecule has 0 fully saturated rings. The van der Waals surface area contributed by atoms with Crippen LogP contribution in [0.5, 0.6) is 5.75 Å². The van der Waals surface area contributed by atoms with Gasteiger partial charge in [0.05, 0.1) is 17.3 Å². The van der Waals surface area contributed by atoms with Crippen LogP contribution in [0.25, 0.3) is 21.3 Å². The summed E-state index contributed by atoms with van der Waals surface area (Å²) in [6.07, 6.45) is 0.411. The fraction of sp³-hybridized carbons (Fsp3) is 0.160. The number of nitrogens with zero attached hydrogens (tertiary/aromatic N) is 1. The van der Waals surface area contributed by atoms with E-state index in [1.165, 1.54) is 11.3 Å². The van der Waals surface area contributed by atoms with Gasteiger partial charge >= 0.3 is 0 Å². The van der Waals surface area contributed by atoms with E-state index in [0.29, 0.717) is 23.7 Å². The van der Waals surface area contributed by atoms with Crippen molar-refractivity contribution >= 4 is 38.5 Å². The van der Waals surface area contributed by atoms with Crippen molar-refractivity contribution in [2.45, 2.75) is 19.9 Å². The summed E-state index contributed by atoms with van der Waals surface area (Å²) in [5, 5.41) is 6.36. The maximum atomic E-state index is 12.7. The van der Waals surface area contributed by atoms with Crippen LogP contribution in [0.4, 0.5) is 5.13 Å². The van der Waals surface area contributed by atoms with Crippen LogP contribution in [0.1, 0.15) is 29.3 Å². The first-order valence-electron chi connectivity index (χ1n) is 10.3. The first-order valence-corrected chi connectivity index (χ1v) is 11.1. The topological polar surface area (TPSA) is 80.3 Å². The normalized spacial score (nSPS) is 10.7. The van der Waals surface area contributed by atoms with Crippen LogP contribution in [-0.2, 0) is 11.3 Å². The summed E-state index contributed by atoms with van der Waals surface area (Å²) in [5.74, 6) is 0.587. The van der Waals surface area contributed by atoms with E-state index in [-0.39, 0.29) is 11.8 Å². The lowest BCUT2D eigenvalue weighted by atomic mass is 10.0. The van der Waals surface area contributed by atoms with Gasteiger partial charge in [0.15, 0.2) is 5.13 Å². The number of methoxy groups -OCH3 is 1. The molecule has 32 heavy (non-hydrogen) atoms. The Morgan fingerprint density at radius 1 is 1.00 bits per heavy atom. The van der Waals surface area contributed by atoms with E-state index in [2.05, 4.69) is 15.6 Å². The lowest BCUT2D eigenvalue weighted by Gasteiger charge is -2.08. The van der Waals surface area contributed by atoms with Crippen LogP contribution in [-0.4, -0.2) is 23.9 Å². The molecule has 0 unspecified atom stereocenters. The third-order valence-corrected chi connectivity index (χ3v) is 5.98. The van der Waals surface area contributed by atoms with Crippen LogP contribution in [0.15, 0.2) is 66.7 Å². The molecule has 3 aromatic carbocycles. The van der Waals surface area contributed by atoms with Crippen molar-refractivity contribution in [1.82, 2.24) is 10.3 Å². The highest BCUT2D eigenvalue weighted by molar-refractivity contribution is 7.22. The molecule has 0 saturated heterocycles. The first-order chi connectivity index (χ1) is 15.6. The Morgan fingerprint density at radius 3 is 2.53 bits per heavy atom. The zero-order valence-corrected chi connectivity index (χ0v) is 18.7. The van der Waals surface area contributed by atoms with Crippen LogP contribution in [0.3, 0.4) is 0 Å². The number of carbonyl (C=O) groups excluding carboxylic acids is 2. The molecule has 0 aliphatic rings. The molecule has 1 aromatic heterocycles. The van der Waals surface area contributed by atoms with Gasteiger partial charge in [-0.15, -0.1) is 0 Å². The second-order valence-electron chi connectivity index (χ2n) is 7.21. The molecule has 0 bridgehead atoms. The number of nitrogens with one attached hydrogen (secondary N) is 2. The monoisotopic (exact) mass is 445 g/mol. The molecular formula is C25H23N3O3S. The second kappa shape index (κ2) is 9.62. The van der Waals surface area contributed by atoms with Crippen molar-refractivity contribution in [2.24, 2.45) is 0 Å². The Hall–Kier alpha value is -3.71. The molecule has 0 aliphatic heterocycles. The third kappa shape index (κ3) is 4.95. The minimum atomic E-state index is -0.137. The van der Waals surface area contributed by atoms with E-state index in [0.717, 1.165) is 32.7 Å². The van der Waals surface area contributed by atoms with Gasteiger partial charge in [-0.3, -0.25) is 9.59 Å². The van der Waals surface area contributed by atoms with E-state index in [9.17, 15) is 9.59 Å². The lowest BCUT2D eigenvalue weighted by molar-refractivity contribution is -0.115. The number of thiazole rings is 1. The van der Waals surface area contributed by atoms with Crippen molar-refractivity contribution < 1.29 is 14.3 Å². The van der Waals surface area contributed by atoms with Crippen molar-refractivity contribution in [2.75, 3.05) is 12.4 Å². The highest BCUT2D eigenvalue weighted by atomic mass is 32.1. The van der Waals surface area contributed by atoms with E-state index in [4.69, 9.17) is 4.74 Å². The molecule has 4 rings (SSSR count). The summed E-state index contributed by atoms with van der Waals surface area (Å²) in [4.78, 5) is 28.8. The Bertz CT molecular complexity index is 1270. The number of hydrogen-bond donors (Lipinski definition) is 2. The minimum Gasteiger partial charge on any atom is -0.497 e. The zero-order chi connectivity index (χ0) is 22.5. The van der Waals surface area contributed by atoms with E-state index >= 15 is 0 Å². The van der Waals surface area contributed by atoms with Gasteiger partial charge < -0.3 is 15.4 Å². The van der Waals surface area contributed by atoms with Crippen molar-refractivity contribution in [3.8, 4) is 16.9 Å². The van der Waals surface area contributed by atoms with Gasteiger partial charge in [0, 0.05) is 18.5 Å². The predicted molar refractivity (Wildman–Crippen MR) is 128 cm³/mol. The van der Waals surface area contributed by atoms with Crippen LogP contribution < -0.4 is 15.4 Å². The van der Waals surface area contributed by atoms with Crippen LogP contribution in [0.2, 0.25) is 0 Å². The van der Waals surface area contributed by atoms with Gasteiger partial charge in [-0.1, -0.05) is 48.6 Å². The largest absolute Gasteiger partial charge is 0.497 e. The fourth-order valence-corrected chi connectivity index (χ4v) is 4.10. The number of anilines is 1. The number of hydrogen-bond acceptors (Lipinski definition) is 5. The van der Waals surface area contributed by atoms with E-state index in [1.54, 1.807) is 20.1 Å². The van der Waals surface area contributed by atoms with Gasteiger partial charge in [0.1, 0.15) is 5.75 Å². The first kappa shape index (κ1) is 21.5. The maximum absolute atomic E-state index is 12.7. The lowest BCUT2D eigenvalue weighted by Crippen LogP contribution is -2.22. The maximum Gasteiger partial charge on any atom is 0.251 e. The fourth-order valence-electron chi connectivity index (χ4n) is 3.24. The SMILES string of the molecule is CCC(=O)Nc1nc2cc(-c3cccc(C(=O)NCc4ccc(OC)cc4)c3)ccc2s1. The number of amides is 2. The predicted octanol–water partition coefficient (Wildman–Crippen LogP) is 5.25. The summed E-state index contributed by atoms with van der Waals surface area (Å²) in [6.45, 7) is 2.24. The molecule has 162 valence electrons. The summed E-state index contributed by atoms with van der Waals surface area (Å²) in [6, 6.07) is 21.1. The smallest absolute Gasteiger partial charge is 0.251 e. The highest BCUT2D eigenvalue weighted by Crippen LogP contribution is 2.30. The Balaban J connectivity index is 1.49. The van der Waals surface area contributed by atoms with Crippen molar-refractivity contribution in [3.05, 3.63) is 77.9 Å². The number of fused-ring (bicyclic) bond motifs is 1. The van der Waals surface area contributed by atoms with Gasteiger partial charge in [-0.05, 0) is 53.1 Å². The van der Waals surface area contributed by atoms with Gasteiger partial charge in [-0.25, -0.2) is 4.98 Å². The molecule has 7 heteroatoms. The van der Waals surface area contributed by atoms with E-state index in [1.807, 2.05) is 60.7 Å². The molecular weight excluding hydrogens is 422 g/mol. The van der Waals surface area contributed by atoms with E-state index < -0.39 is 0 Å². The number of rotatable bonds is 7. The number of benzene rings is 3. The molecule has 1 heterocycles. The van der Waals surface area contributed by atoms with Gasteiger partial charge in [0.25, 0.3) is 5.91 Å². The van der Waals surface area contributed by atoms with Crippen molar-refractivity contribution in [3.63, 3.8) is 0 Å². The number of aromatic nitrogens is 1. The molecule has 0 radical (unpaired) electrons. The highest BCUT2D eigenvalue weighted by Gasteiger charge is 2.10. The van der Waals surface area contributed by atoms with Crippen LogP contribution in [0, 0.1) is 0 Å². The average molecular weight is 446 g/mol. The zero-order valence-electron chi connectivity index (χ0n) is 17.8. The van der Waals surface area contributed by atoms with Crippen molar-refractivity contribution in [1.29, 1.82) is 0 Å². The molecule has 0 atom stereocenters. The average Bonchev–Trinajstić information content (AvgIpc) is 3.24. The summed E-state index contributed by atoms with van der Waals surface area (Å²) in [5.41, 5.74) is 4.28. The molecule has 2 amide bonds. The van der Waals surface area contributed by atoms with Gasteiger partial charge in [0.2, 0.25) is 5.91 Å². The summed E-state index contributed by atoms with van der Waals surface area (Å²) < 4.78 is 6.15. The third-order valence-electron chi connectivity index (χ3n) is 5.03. The summed E-state index contributed by atoms with van der Waals surface area (Å²) in [7, 11) is 1.62. The molecule has 0 aliphatic carbocycles. The minimum absolute atomic E-state index is 0.0577. The standard InChI is InChI=1S/C25H23N3O3S/c1-3-23(29)28-25-27-21-14-18(9-12-22(21)32-25)17-5-4-6-19(13-17)24(30)26-15-16-7-10-20(31-2)11-8-16/h4-14H,3,15H2,1-2H3,(H,26,30)(H,27,28,29). The van der Waals surface area contributed by atoms with Gasteiger partial charge in [-0.2, -0.15) is 0 Å². The summed E-state index contributed by atoms with van der Waals surface area (Å²) >= 11 is 1.44. The second-order valence-corrected chi connectivity index (χ2v) is 8.25. The molecule has 6 nitrogen and oxygen atoms in total. The quantitative estimate of drug-likeness (QED) is 0.407. The Morgan fingerprint density at radius 2 is 1.78 bits per heavy atom. The molecule has 0 saturated carbocycles. The molecule has 0 spiro atoms. The Kier molecular flexibility index (Phi) is 6.47. The molecule has 4 aromatic rings.